The lowest BCUT2D eigenvalue weighted by Crippen LogP contribution is -2.32. The lowest BCUT2D eigenvalue weighted by molar-refractivity contribution is 0.263. The van der Waals surface area contributed by atoms with E-state index in [1.54, 1.807) is 0 Å². The second-order valence-corrected chi connectivity index (χ2v) is 7.09. The molecule has 1 heterocycles. The van der Waals surface area contributed by atoms with Gasteiger partial charge in [0.1, 0.15) is 0 Å². The van der Waals surface area contributed by atoms with Crippen LogP contribution in [0.15, 0.2) is 22.7 Å². The van der Waals surface area contributed by atoms with Gasteiger partial charge in [-0.3, -0.25) is 0 Å². The topological polar surface area (TPSA) is 32.5 Å². The standard InChI is InChI=1S/C15H23BrClN3/c1-19(2)12-5-7-20(10-12)8-6-15(18)13-4-3-11(16)9-14(13)17/h3-4,9,12,15H,5-8,10,18H2,1-2H3. The van der Waals surface area contributed by atoms with Crippen LogP contribution >= 0.6 is 27.5 Å². The summed E-state index contributed by atoms with van der Waals surface area (Å²) in [5, 5.41) is 0.750. The van der Waals surface area contributed by atoms with Gasteiger partial charge in [0.25, 0.3) is 0 Å². The molecule has 0 radical (unpaired) electrons. The molecule has 20 heavy (non-hydrogen) atoms. The highest BCUT2D eigenvalue weighted by Crippen LogP contribution is 2.27. The van der Waals surface area contributed by atoms with Crippen LogP contribution in [0.2, 0.25) is 5.02 Å². The van der Waals surface area contributed by atoms with Gasteiger partial charge >= 0.3 is 0 Å². The minimum absolute atomic E-state index is 0.00834. The van der Waals surface area contributed by atoms with Gasteiger partial charge in [0.05, 0.1) is 0 Å². The molecule has 2 rings (SSSR count). The summed E-state index contributed by atoms with van der Waals surface area (Å²) in [6.45, 7) is 3.36. The molecule has 0 aliphatic carbocycles. The van der Waals surface area contributed by atoms with Crippen LogP contribution in [-0.2, 0) is 0 Å². The number of hydrogen-bond acceptors (Lipinski definition) is 3. The Hall–Kier alpha value is -0.130. The maximum Gasteiger partial charge on any atom is 0.0464 e. The first-order valence-corrected chi connectivity index (χ1v) is 8.24. The summed E-state index contributed by atoms with van der Waals surface area (Å²) in [4.78, 5) is 4.81. The molecule has 2 N–H and O–H groups in total. The van der Waals surface area contributed by atoms with Crippen LogP contribution < -0.4 is 5.73 Å². The van der Waals surface area contributed by atoms with Crippen molar-refractivity contribution >= 4 is 27.5 Å². The molecule has 1 aromatic rings. The van der Waals surface area contributed by atoms with Gasteiger partial charge in [0, 0.05) is 34.7 Å². The quantitative estimate of drug-likeness (QED) is 0.875. The van der Waals surface area contributed by atoms with E-state index in [1.807, 2.05) is 18.2 Å². The second kappa shape index (κ2) is 7.23. The van der Waals surface area contributed by atoms with Crippen molar-refractivity contribution in [2.45, 2.75) is 24.9 Å². The zero-order valence-corrected chi connectivity index (χ0v) is 14.5. The molecule has 2 unspecified atom stereocenters. The third-order valence-corrected chi connectivity index (χ3v) is 4.92. The number of rotatable bonds is 5. The number of nitrogens with two attached hydrogens (primary N) is 1. The van der Waals surface area contributed by atoms with Crippen LogP contribution in [0.1, 0.15) is 24.4 Å². The van der Waals surface area contributed by atoms with E-state index in [2.05, 4.69) is 39.8 Å². The number of nitrogens with zero attached hydrogens (tertiary/aromatic N) is 2. The van der Waals surface area contributed by atoms with Crippen LogP contribution in [0.3, 0.4) is 0 Å². The predicted octanol–water partition coefficient (Wildman–Crippen LogP) is 3.13. The van der Waals surface area contributed by atoms with Gasteiger partial charge in [-0.05, 0) is 51.2 Å². The van der Waals surface area contributed by atoms with E-state index in [0.29, 0.717) is 6.04 Å². The highest BCUT2D eigenvalue weighted by Gasteiger charge is 2.24. The van der Waals surface area contributed by atoms with Crippen LogP contribution in [-0.4, -0.2) is 49.6 Å². The predicted molar refractivity (Wildman–Crippen MR) is 89.2 cm³/mol. The van der Waals surface area contributed by atoms with Crippen molar-refractivity contribution in [3.8, 4) is 0 Å². The Morgan fingerprint density at radius 2 is 2.25 bits per heavy atom. The average Bonchev–Trinajstić information content (AvgIpc) is 2.85. The third kappa shape index (κ3) is 4.18. The molecule has 112 valence electrons. The largest absolute Gasteiger partial charge is 0.324 e. The molecule has 1 aliphatic heterocycles. The minimum Gasteiger partial charge on any atom is -0.324 e. The van der Waals surface area contributed by atoms with Gasteiger partial charge in [-0.2, -0.15) is 0 Å². The lowest BCUT2D eigenvalue weighted by atomic mass is 10.0. The van der Waals surface area contributed by atoms with Crippen molar-refractivity contribution in [2.75, 3.05) is 33.7 Å². The van der Waals surface area contributed by atoms with E-state index in [4.69, 9.17) is 17.3 Å². The maximum absolute atomic E-state index is 6.28. The molecule has 0 spiro atoms. The van der Waals surface area contributed by atoms with Crippen molar-refractivity contribution in [2.24, 2.45) is 5.73 Å². The molecule has 2 atom stereocenters. The minimum atomic E-state index is 0.00834. The number of benzene rings is 1. The molecule has 0 amide bonds. The molecule has 1 fully saturated rings. The van der Waals surface area contributed by atoms with E-state index in [-0.39, 0.29) is 6.04 Å². The smallest absolute Gasteiger partial charge is 0.0464 e. The summed E-state index contributed by atoms with van der Waals surface area (Å²) < 4.78 is 0.992. The summed E-state index contributed by atoms with van der Waals surface area (Å²) in [6, 6.07) is 6.62. The summed E-state index contributed by atoms with van der Waals surface area (Å²) in [5.74, 6) is 0. The monoisotopic (exact) mass is 359 g/mol. The Labute approximate surface area is 135 Å². The van der Waals surface area contributed by atoms with Crippen LogP contribution in [0.25, 0.3) is 0 Å². The Balaban J connectivity index is 1.85. The number of likely N-dealkylation sites (N-methyl/N-ethyl adjacent to an activating group) is 1. The molecule has 0 saturated carbocycles. The fraction of sp³-hybridized carbons (Fsp3) is 0.600. The fourth-order valence-corrected chi connectivity index (χ4v) is 3.53. The van der Waals surface area contributed by atoms with Gasteiger partial charge < -0.3 is 15.5 Å². The van der Waals surface area contributed by atoms with E-state index in [1.165, 1.54) is 13.0 Å². The zero-order valence-electron chi connectivity index (χ0n) is 12.1. The van der Waals surface area contributed by atoms with Crippen molar-refractivity contribution in [3.05, 3.63) is 33.3 Å². The number of likely N-dealkylation sites (tertiary alicyclic amines) is 1. The van der Waals surface area contributed by atoms with E-state index in [0.717, 1.165) is 34.6 Å². The lowest BCUT2D eigenvalue weighted by Gasteiger charge is -2.22. The normalized spacial score (nSPS) is 21.6. The highest BCUT2D eigenvalue weighted by atomic mass is 79.9. The van der Waals surface area contributed by atoms with Crippen LogP contribution in [0, 0.1) is 0 Å². The zero-order chi connectivity index (χ0) is 14.7. The van der Waals surface area contributed by atoms with E-state index >= 15 is 0 Å². The summed E-state index contributed by atoms with van der Waals surface area (Å²) in [7, 11) is 4.31. The van der Waals surface area contributed by atoms with E-state index < -0.39 is 0 Å². The number of hydrogen-bond donors (Lipinski definition) is 1. The molecule has 1 saturated heterocycles. The van der Waals surface area contributed by atoms with Gasteiger partial charge in [0.2, 0.25) is 0 Å². The molecule has 3 nitrogen and oxygen atoms in total. The SMILES string of the molecule is CN(C)C1CCN(CCC(N)c2ccc(Br)cc2Cl)C1. The Morgan fingerprint density at radius 1 is 1.50 bits per heavy atom. The van der Waals surface area contributed by atoms with Gasteiger partial charge in [-0.15, -0.1) is 0 Å². The molecule has 0 bridgehead atoms. The summed E-state index contributed by atoms with van der Waals surface area (Å²) in [6.07, 6.45) is 2.20. The summed E-state index contributed by atoms with van der Waals surface area (Å²) in [5.41, 5.74) is 7.32. The molecule has 0 aromatic heterocycles. The molecule has 5 heteroatoms. The second-order valence-electron chi connectivity index (χ2n) is 5.77. The first kappa shape index (κ1) is 16.2. The van der Waals surface area contributed by atoms with Crippen LogP contribution in [0.4, 0.5) is 0 Å². The Bertz CT molecular complexity index is 453. The molecule has 1 aromatic carbocycles. The van der Waals surface area contributed by atoms with E-state index in [9.17, 15) is 0 Å². The van der Waals surface area contributed by atoms with Crippen molar-refractivity contribution in [1.82, 2.24) is 9.80 Å². The fourth-order valence-electron chi connectivity index (χ4n) is 2.72. The average molecular weight is 361 g/mol. The molecular formula is C15H23BrClN3. The van der Waals surface area contributed by atoms with Crippen LogP contribution in [0.5, 0.6) is 0 Å². The first-order chi connectivity index (χ1) is 9.47. The van der Waals surface area contributed by atoms with Crippen molar-refractivity contribution < 1.29 is 0 Å². The van der Waals surface area contributed by atoms with Gasteiger partial charge in [-0.25, -0.2) is 0 Å². The molecular weight excluding hydrogens is 338 g/mol. The first-order valence-electron chi connectivity index (χ1n) is 7.06. The highest BCUT2D eigenvalue weighted by molar-refractivity contribution is 9.10. The van der Waals surface area contributed by atoms with Gasteiger partial charge in [-0.1, -0.05) is 33.6 Å². The maximum atomic E-state index is 6.28. The van der Waals surface area contributed by atoms with Crippen molar-refractivity contribution in [1.29, 1.82) is 0 Å². The Morgan fingerprint density at radius 3 is 2.85 bits per heavy atom. The molecule has 1 aliphatic rings. The summed E-state index contributed by atoms with van der Waals surface area (Å²) >= 11 is 9.67. The Kier molecular flexibility index (Phi) is 5.87. The number of halogens is 2. The van der Waals surface area contributed by atoms with Gasteiger partial charge in [0.15, 0.2) is 0 Å². The van der Waals surface area contributed by atoms with Crippen molar-refractivity contribution in [3.63, 3.8) is 0 Å². The third-order valence-electron chi connectivity index (χ3n) is 4.10.